The van der Waals surface area contributed by atoms with Gasteiger partial charge in [0.05, 0.1) is 6.10 Å². The van der Waals surface area contributed by atoms with Crippen molar-refractivity contribution in [2.75, 3.05) is 26.2 Å². The Morgan fingerprint density at radius 1 is 0.870 bits per heavy atom. The van der Waals surface area contributed by atoms with Gasteiger partial charge in [-0.15, -0.1) is 0 Å². The van der Waals surface area contributed by atoms with Gasteiger partial charge in [-0.1, -0.05) is 61.3 Å². The maximum atomic E-state index is 5.78. The minimum absolute atomic E-state index is 0.597. The quantitative estimate of drug-likeness (QED) is 0.513. The zero-order valence-electron chi connectivity index (χ0n) is 17.5. The Morgan fingerprint density at radius 3 is 2.04 bits per heavy atom. The number of rotatable bonds is 6. The van der Waals surface area contributed by atoms with Crippen molar-refractivity contribution in [2.45, 2.75) is 106 Å². The van der Waals surface area contributed by atoms with Crippen molar-refractivity contribution >= 4 is 0 Å². The molecule has 2 aliphatic rings. The molecule has 2 heterocycles. The van der Waals surface area contributed by atoms with E-state index in [1.54, 1.807) is 0 Å². The van der Waals surface area contributed by atoms with Crippen LogP contribution in [0.5, 0.6) is 0 Å². The van der Waals surface area contributed by atoms with Crippen molar-refractivity contribution in [3.63, 3.8) is 0 Å². The molecule has 142 valence electrons. The van der Waals surface area contributed by atoms with Crippen molar-refractivity contribution in [3.8, 4) is 0 Å². The van der Waals surface area contributed by atoms with Crippen LogP contribution in [-0.4, -0.2) is 37.2 Å². The van der Waals surface area contributed by atoms with E-state index in [0.717, 1.165) is 12.5 Å². The van der Waals surface area contributed by atoms with Crippen LogP contribution in [0, 0.1) is 5.92 Å². The molecular weight excluding hydrogens is 282 g/mol. The Bertz CT molecular complexity index is 202. The minimum Gasteiger partial charge on any atom is -0.378 e. The average Bonchev–Trinajstić information content (AvgIpc) is 3.13. The smallest absolute Gasteiger partial charge is 0.0575 e. The van der Waals surface area contributed by atoms with Crippen molar-refractivity contribution in [1.29, 1.82) is 0 Å². The Balaban J connectivity index is 0. The lowest BCUT2D eigenvalue weighted by Crippen LogP contribution is -2.20. The topological polar surface area (TPSA) is 12.5 Å². The van der Waals surface area contributed by atoms with Gasteiger partial charge < -0.3 is 9.64 Å². The van der Waals surface area contributed by atoms with Crippen molar-refractivity contribution in [3.05, 3.63) is 0 Å². The van der Waals surface area contributed by atoms with Gasteiger partial charge >= 0.3 is 0 Å². The van der Waals surface area contributed by atoms with Crippen molar-refractivity contribution in [2.24, 2.45) is 5.92 Å². The zero-order chi connectivity index (χ0) is 17.9. The van der Waals surface area contributed by atoms with Crippen molar-refractivity contribution < 1.29 is 4.74 Å². The molecule has 0 aromatic carbocycles. The first-order valence-corrected chi connectivity index (χ1v) is 10.7. The number of unbranched alkanes of at least 4 members (excludes halogenated alkanes) is 1. The predicted molar refractivity (Wildman–Crippen MR) is 106 cm³/mol. The summed E-state index contributed by atoms with van der Waals surface area (Å²) in [5, 5.41) is 0. The maximum absolute atomic E-state index is 5.78. The SMILES string of the molecule is CC.CC.CC.CCN1CCC(CCCCC2CCCCO2)C1. The first kappa shape index (κ1) is 25.2. The highest BCUT2D eigenvalue weighted by molar-refractivity contribution is 4.74. The Hall–Kier alpha value is -0.0800. The van der Waals surface area contributed by atoms with E-state index in [1.165, 1.54) is 71.0 Å². The molecule has 0 spiro atoms. The largest absolute Gasteiger partial charge is 0.378 e. The second-order valence-electron chi connectivity index (χ2n) is 5.82. The Morgan fingerprint density at radius 2 is 1.52 bits per heavy atom. The van der Waals surface area contributed by atoms with Gasteiger partial charge in [-0.2, -0.15) is 0 Å². The monoisotopic (exact) mass is 329 g/mol. The Labute approximate surface area is 148 Å². The second-order valence-corrected chi connectivity index (χ2v) is 5.82. The van der Waals surface area contributed by atoms with E-state index < -0.39 is 0 Å². The first-order valence-electron chi connectivity index (χ1n) is 10.7. The maximum Gasteiger partial charge on any atom is 0.0575 e. The minimum atomic E-state index is 0.597. The van der Waals surface area contributed by atoms with Crippen LogP contribution in [0.3, 0.4) is 0 Å². The van der Waals surface area contributed by atoms with Crippen LogP contribution in [0.1, 0.15) is 99.8 Å². The highest BCUT2D eigenvalue weighted by atomic mass is 16.5. The number of hydrogen-bond donors (Lipinski definition) is 0. The van der Waals surface area contributed by atoms with Gasteiger partial charge in [0.15, 0.2) is 0 Å². The summed E-state index contributed by atoms with van der Waals surface area (Å²) in [6, 6.07) is 0. The number of hydrogen-bond acceptors (Lipinski definition) is 2. The number of ether oxygens (including phenoxy) is 1. The van der Waals surface area contributed by atoms with Gasteiger partial charge in [-0.05, 0) is 57.5 Å². The van der Waals surface area contributed by atoms with Gasteiger partial charge in [-0.3, -0.25) is 0 Å². The highest BCUT2D eigenvalue weighted by Crippen LogP contribution is 2.23. The molecule has 2 heteroatoms. The van der Waals surface area contributed by atoms with Crippen LogP contribution in [0.25, 0.3) is 0 Å². The summed E-state index contributed by atoms with van der Waals surface area (Å²) in [7, 11) is 0. The van der Waals surface area contributed by atoms with Gasteiger partial charge in [0, 0.05) is 13.2 Å². The standard InChI is InChI=1S/C15H29NO.3C2H6/c1-2-16-11-10-14(13-16)7-3-4-8-15-9-5-6-12-17-15;3*1-2/h14-15H,2-13H2,1H3;3*1-2H3. The summed E-state index contributed by atoms with van der Waals surface area (Å²) in [6.07, 6.45) is 11.6. The lowest BCUT2D eigenvalue weighted by atomic mass is 9.98. The molecular formula is C21H47NO. The van der Waals surface area contributed by atoms with E-state index in [9.17, 15) is 0 Å². The number of likely N-dealkylation sites (tertiary alicyclic amines) is 1. The Kier molecular flexibility index (Phi) is 21.8. The fourth-order valence-electron chi connectivity index (χ4n) is 3.28. The van der Waals surface area contributed by atoms with E-state index in [-0.39, 0.29) is 0 Å². The molecule has 0 aromatic rings. The molecule has 0 amide bonds. The van der Waals surface area contributed by atoms with E-state index in [1.807, 2.05) is 41.5 Å². The van der Waals surface area contributed by atoms with E-state index in [2.05, 4.69) is 11.8 Å². The third-order valence-electron chi connectivity index (χ3n) is 4.48. The van der Waals surface area contributed by atoms with Crippen molar-refractivity contribution in [1.82, 2.24) is 4.90 Å². The van der Waals surface area contributed by atoms with E-state index >= 15 is 0 Å². The third-order valence-corrected chi connectivity index (χ3v) is 4.48. The molecule has 2 fully saturated rings. The summed E-state index contributed by atoms with van der Waals surface area (Å²) < 4.78 is 5.78. The first-order chi connectivity index (χ1) is 11.4. The summed E-state index contributed by atoms with van der Waals surface area (Å²) in [5.41, 5.74) is 0. The summed E-state index contributed by atoms with van der Waals surface area (Å²) in [5.74, 6) is 0.988. The van der Waals surface area contributed by atoms with Crippen LogP contribution in [0.15, 0.2) is 0 Å². The molecule has 0 bridgehead atoms. The molecule has 0 N–H and O–H groups in total. The van der Waals surface area contributed by atoms with Crippen LogP contribution in [0.2, 0.25) is 0 Å². The van der Waals surface area contributed by atoms with E-state index in [0.29, 0.717) is 6.10 Å². The van der Waals surface area contributed by atoms with E-state index in [4.69, 9.17) is 4.74 Å². The normalized spacial score (nSPS) is 23.6. The lowest BCUT2D eigenvalue weighted by Gasteiger charge is -2.22. The van der Waals surface area contributed by atoms with Gasteiger partial charge in [0.25, 0.3) is 0 Å². The predicted octanol–water partition coefficient (Wildman–Crippen LogP) is 6.54. The molecule has 2 atom stereocenters. The molecule has 0 aliphatic carbocycles. The molecule has 2 saturated heterocycles. The molecule has 2 unspecified atom stereocenters. The molecule has 2 nitrogen and oxygen atoms in total. The summed E-state index contributed by atoms with van der Waals surface area (Å²) in [4.78, 5) is 2.59. The average molecular weight is 330 g/mol. The van der Waals surface area contributed by atoms with Gasteiger partial charge in [0.1, 0.15) is 0 Å². The van der Waals surface area contributed by atoms with Crippen LogP contribution in [-0.2, 0) is 4.74 Å². The van der Waals surface area contributed by atoms with Crippen LogP contribution >= 0.6 is 0 Å². The second kappa shape index (κ2) is 20.0. The fraction of sp³-hybridized carbons (Fsp3) is 1.00. The summed E-state index contributed by atoms with van der Waals surface area (Å²) >= 11 is 0. The van der Waals surface area contributed by atoms with Gasteiger partial charge in [-0.25, -0.2) is 0 Å². The molecule has 2 aliphatic heterocycles. The molecule has 0 saturated carbocycles. The zero-order valence-corrected chi connectivity index (χ0v) is 17.5. The third kappa shape index (κ3) is 12.9. The lowest BCUT2D eigenvalue weighted by molar-refractivity contribution is 0.00964. The highest BCUT2D eigenvalue weighted by Gasteiger charge is 2.20. The molecule has 0 radical (unpaired) electrons. The molecule has 2 rings (SSSR count). The molecule has 23 heavy (non-hydrogen) atoms. The molecule has 0 aromatic heterocycles. The fourth-order valence-corrected chi connectivity index (χ4v) is 3.28. The number of nitrogens with zero attached hydrogens (tertiary/aromatic N) is 1. The van der Waals surface area contributed by atoms with Crippen LogP contribution in [0.4, 0.5) is 0 Å². The van der Waals surface area contributed by atoms with Gasteiger partial charge in [0.2, 0.25) is 0 Å². The van der Waals surface area contributed by atoms with Crippen LogP contribution < -0.4 is 0 Å². The summed E-state index contributed by atoms with van der Waals surface area (Å²) in [6.45, 7) is 19.2.